The fourth-order valence-corrected chi connectivity index (χ4v) is 1.68. The van der Waals surface area contributed by atoms with E-state index in [9.17, 15) is 9.59 Å². The molecule has 0 amide bonds. The SMILES string of the molecule is CCC1N(C)C=C(C)N1C.O=C(O)/C=C\C(=O)O. The standard InChI is InChI=1S/C8H16N2.C4H4O4/c1-5-8-9(3)6-7(2)10(8)4;5-3(6)1-2-4(7)8/h6,8H,5H2,1-4H3;1-2H,(H,5,6)(H,7,8)/b;2-1-. The molecule has 6 heteroatoms. The maximum Gasteiger partial charge on any atom is 0.328 e. The Kier molecular flexibility index (Phi) is 6.56. The van der Waals surface area contributed by atoms with Gasteiger partial charge in [0.1, 0.15) is 0 Å². The van der Waals surface area contributed by atoms with Crippen molar-refractivity contribution in [1.82, 2.24) is 9.80 Å². The van der Waals surface area contributed by atoms with Crippen molar-refractivity contribution in [3.05, 3.63) is 24.0 Å². The van der Waals surface area contributed by atoms with Crippen LogP contribution in [0.25, 0.3) is 0 Å². The molecule has 0 fully saturated rings. The van der Waals surface area contributed by atoms with Crippen LogP contribution in [0.1, 0.15) is 20.3 Å². The Labute approximate surface area is 107 Å². The number of aliphatic carboxylic acids is 2. The monoisotopic (exact) mass is 256 g/mol. The third kappa shape index (κ3) is 5.38. The van der Waals surface area contributed by atoms with E-state index >= 15 is 0 Å². The van der Waals surface area contributed by atoms with Gasteiger partial charge in [-0.1, -0.05) is 6.92 Å². The molecule has 102 valence electrons. The van der Waals surface area contributed by atoms with Gasteiger partial charge in [0.2, 0.25) is 0 Å². The van der Waals surface area contributed by atoms with Gasteiger partial charge in [-0.3, -0.25) is 0 Å². The van der Waals surface area contributed by atoms with E-state index in [0.717, 1.165) is 0 Å². The molecule has 0 radical (unpaired) electrons. The normalized spacial score (nSPS) is 18.4. The van der Waals surface area contributed by atoms with Crippen molar-refractivity contribution in [1.29, 1.82) is 0 Å². The zero-order valence-corrected chi connectivity index (χ0v) is 11.1. The van der Waals surface area contributed by atoms with Gasteiger partial charge in [0.15, 0.2) is 0 Å². The van der Waals surface area contributed by atoms with Crippen LogP contribution in [0, 0.1) is 0 Å². The molecule has 0 spiro atoms. The highest BCUT2D eigenvalue weighted by atomic mass is 16.4. The van der Waals surface area contributed by atoms with Crippen LogP contribution in [0.15, 0.2) is 24.0 Å². The second-order valence-electron chi connectivity index (χ2n) is 3.95. The number of hydrogen-bond donors (Lipinski definition) is 2. The van der Waals surface area contributed by atoms with Crippen LogP contribution >= 0.6 is 0 Å². The zero-order chi connectivity index (χ0) is 14.3. The summed E-state index contributed by atoms with van der Waals surface area (Å²) in [5.74, 6) is -2.51. The highest BCUT2D eigenvalue weighted by molar-refractivity contribution is 5.89. The number of carbonyl (C=O) groups is 2. The fourth-order valence-electron chi connectivity index (χ4n) is 1.68. The first kappa shape index (κ1) is 16.0. The van der Waals surface area contributed by atoms with Crippen LogP contribution in [0.5, 0.6) is 0 Å². The third-order valence-corrected chi connectivity index (χ3v) is 2.60. The predicted molar refractivity (Wildman–Crippen MR) is 67.8 cm³/mol. The van der Waals surface area contributed by atoms with Gasteiger partial charge >= 0.3 is 11.9 Å². The minimum Gasteiger partial charge on any atom is -0.478 e. The second-order valence-corrected chi connectivity index (χ2v) is 3.95. The average molecular weight is 256 g/mol. The number of rotatable bonds is 3. The number of allylic oxidation sites excluding steroid dienone is 1. The third-order valence-electron chi connectivity index (χ3n) is 2.60. The molecule has 2 N–H and O–H groups in total. The maximum absolute atomic E-state index is 9.55. The van der Waals surface area contributed by atoms with Crippen LogP contribution < -0.4 is 0 Å². The Morgan fingerprint density at radius 3 is 1.89 bits per heavy atom. The van der Waals surface area contributed by atoms with Crippen LogP contribution in [-0.2, 0) is 9.59 Å². The Morgan fingerprint density at radius 2 is 1.72 bits per heavy atom. The first-order chi connectivity index (χ1) is 8.29. The lowest BCUT2D eigenvalue weighted by molar-refractivity contribution is -0.134. The Hall–Kier alpha value is -1.98. The summed E-state index contributed by atoms with van der Waals surface area (Å²) in [6.45, 7) is 4.36. The molecule has 0 aromatic rings. The molecular formula is C12H20N2O4. The molecule has 0 saturated heterocycles. The van der Waals surface area contributed by atoms with Gasteiger partial charge in [0, 0.05) is 38.1 Å². The molecule has 0 aromatic heterocycles. The topological polar surface area (TPSA) is 81.1 Å². The molecule has 1 unspecified atom stereocenters. The summed E-state index contributed by atoms with van der Waals surface area (Å²) < 4.78 is 0. The molecule has 0 bridgehead atoms. The fraction of sp³-hybridized carbons (Fsp3) is 0.500. The molecular weight excluding hydrogens is 236 g/mol. The van der Waals surface area contributed by atoms with Crippen molar-refractivity contribution < 1.29 is 19.8 Å². The Balaban J connectivity index is 0.000000331. The van der Waals surface area contributed by atoms with Crippen molar-refractivity contribution in [3.8, 4) is 0 Å². The van der Waals surface area contributed by atoms with Crippen molar-refractivity contribution in [2.24, 2.45) is 0 Å². The van der Waals surface area contributed by atoms with Gasteiger partial charge in [-0.05, 0) is 13.3 Å². The van der Waals surface area contributed by atoms with Gasteiger partial charge in [0.05, 0.1) is 6.17 Å². The molecule has 0 aromatic carbocycles. The van der Waals surface area contributed by atoms with Gasteiger partial charge in [0.25, 0.3) is 0 Å². The molecule has 6 nitrogen and oxygen atoms in total. The first-order valence-electron chi connectivity index (χ1n) is 5.56. The van der Waals surface area contributed by atoms with Gasteiger partial charge in [-0.25, -0.2) is 9.59 Å². The van der Waals surface area contributed by atoms with E-state index in [1.54, 1.807) is 0 Å². The molecule has 18 heavy (non-hydrogen) atoms. The first-order valence-corrected chi connectivity index (χ1v) is 5.56. The van der Waals surface area contributed by atoms with Crippen molar-refractivity contribution in [3.63, 3.8) is 0 Å². The summed E-state index contributed by atoms with van der Waals surface area (Å²) in [4.78, 5) is 23.7. The van der Waals surface area contributed by atoms with E-state index in [-0.39, 0.29) is 0 Å². The molecule has 1 aliphatic heterocycles. The highest BCUT2D eigenvalue weighted by Crippen LogP contribution is 2.20. The summed E-state index contributed by atoms with van der Waals surface area (Å²) in [6.07, 6.45) is 5.07. The van der Waals surface area contributed by atoms with E-state index in [0.29, 0.717) is 18.3 Å². The zero-order valence-electron chi connectivity index (χ0n) is 11.1. The van der Waals surface area contributed by atoms with Crippen LogP contribution in [0.3, 0.4) is 0 Å². The smallest absolute Gasteiger partial charge is 0.328 e. The van der Waals surface area contributed by atoms with E-state index in [1.807, 2.05) is 0 Å². The molecule has 0 aliphatic carbocycles. The van der Waals surface area contributed by atoms with E-state index in [2.05, 4.69) is 43.9 Å². The highest BCUT2D eigenvalue weighted by Gasteiger charge is 2.21. The van der Waals surface area contributed by atoms with Gasteiger partial charge in [-0.2, -0.15) is 0 Å². The minimum atomic E-state index is -1.26. The lowest BCUT2D eigenvalue weighted by Gasteiger charge is -2.27. The lowest BCUT2D eigenvalue weighted by atomic mass is 10.3. The summed E-state index contributed by atoms with van der Waals surface area (Å²) in [5, 5.41) is 15.6. The molecule has 1 aliphatic rings. The average Bonchev–Trinajstić information content (AvgIpc) is 2.51. The summed E-state index contributed by atoms with van der Waals surface area (Å²) in [5.41, 5.74) is 1.36. The lowest BCUT2D eigenvalue weighted by Crippen LogP contribution is -2.34. The number of nitrogens with zero attached hydrogens (tertiary/aromatic N) is 2. The van der Waals surface area contributed by atoms with Crippen LogP contribution in [-0.4, -0.2) is 52.2 Å². The molecule has 0 saturated carbocycles. The van der Waals surface area contributed by atoms with Crippen molar-refractivity contribution >= 4 is 11.9 Å². The summed E-state index contributed by atoms with van der Waals surface area (Å²) >= 11 is 0. The van der Waals surface area contributed by atoms with Crippen LogP contribution in [0.4, 0.5) is 0 Å². The van der Waals surface area contributed by atoms with Crippen LogP contribution in [0.2, 0.25) is 0 Å². The summed E-state index contributed by atoms with van der Waals surface area (Å²) in [6, 6.07) is 0. The minimum absolute atomic E-state index is 0.558. The Morgan fingerprint density at radius 1 is 1.28 bits per heavy atom. The maximum atomic E-state index is 9.55. The number of carboxylic acid groups (broad SMARTS) is 2. The van der Waals surface area contributed by atoms with Gasteiger partial charge in [-0.15, -0.1) is 0 Å². The van der Waals surface area contributed by atoms with E-state index in [4.69, 9.17) is 10.2 Å². The molecule has 1 heterocycles. The van der Waals surface area contributed by atoms with Crippen molar-refractivity contribution in [2.75, 3.05) is 14.1 Å². The molecule has 1 rings (SSSR count). The summed E-state index contributed by atoms with van der Waals surface area (Å²) in [7, 11) is 4.27. The van der Waals surface area contributed by atoms with E-state index in [1.165, 1.54) is 12.1 Å². The largest absolute Gasteiger partial charge is 0.478 e. The van der Waals surface area contributed by atoms with Crippen molar-refractivity contribution in [2.45, 2.75) is 26.4 Å². The quantitative estimate of drug-likeness (QED) is 0.738. The van der Waals surface area contributed by atoms with Gasteiger partial charge < -0.3 is 20.0 Å². The predicted octanol–water partition coefficient (Wildman–Crippen LogP) is 1.17. The van der Waals surface area contributed by atoms with E-state index < -0.39 is 11.9 Å². The Bertz CT molecular complexity index is 347. The molecule has 1 atom stereocenters. The number of hydrogen-bond acceptors (Lipinski definition) is 4. The second kappa shape index (κ2) is 7.37. The number of carboxylic acids is 2.